The van der Waals surface area contributed by atoms with Crippen molar-refractivity contribution in [1.82, 2.24) is 9.80 Å². The number of amides is 1. The van der Waals surface area contributed by atoms with Crippen LogP contribution in [0, 0.1) is 0 Å². The summed E-state index contributed by atoms with van der Waals surface area (Å²) in [5, 5.41) is 0. The van der Waals surface area contributed by atoms with Crippen LogP contribution in [-0.2, 0) is 11.3 Å². The minimum Gasteiger partial charge on any atom is -0.340 e. The number of hydrogen-bond acceptors (Lipinski definition) is 3. The summed E-state index contributed by atoms with van der Waals surface area (Å²) in [5.74, 6) is 0.0339. The van der Waals surface area contributed by atoms with Crippen molar-refractivity contribution in [2.75, 3.05) is 20.1 Å². The van der Waals surface area contributed by atoms with Crippen molar-refractivity contribution in [3.8, 4) is 0 Å². The van der Waals surface area contributed by atoms with Crippen LogP contribution in [0.25, 0.3) is 0 Å². The number of carbonyl (C=O) groups is 1. The maximum absolute atomic E-state index is 11.9. The molecular weight excluding hydrogens is 238 g/mol. The van der Waals surface area contributed by atoms with Gasteiger partial charge in [0.25, 0.3) is 0 Å². The number of rotatable bonds is 4. The van der Waals surface area contributed by atoms with Crippen LogP contribution in [0.2, 0.25) is 0 Å². The molecule has 2 atom stereocenters. The Kier molecular flexibility index (Phi) is 4.56. The number of carbonyl (C=O) groups excluding carboxylic acids is 1. The van der Waals surface area contributed by atoms with Gasteiger partial charge in [-0.15, -0.1) is 0 Å². The molecule has 0 aliphatic carbocycles. The van der Waals surface area contributed by atoms with E-state index in [0.29, 0.717) is 6.04 Å². The van der Waals surface area contributed by atoms with Gasteiger partial charge in [0, 0.05) is 32.7 Å². The zero-order valence-electron chi connectivity index (χ0n) is 11.7. The Morgan fingerprint density at radius 3 is 2.79 bits per heavy atom. The maximum Gasteiger partial charge on any atom is 0.239 e. The molecule has 0 aromatic heterocycles. The van der Waals surface area contributed by atoms with E-state index >= 15 is 0 Å². The van der Waals surface area contributed by atoms with Crippen molar-refractivity contribution in [1.29, 1.82) is 0 Å². The summed E-state index contributed by atoms with van der Waals surface area (Å²) in [6.07, 6.45) is 1.03. The van der Waals surface area contributed by atoms with Gasteiger partial charge in [-0.25, -0.2) is 0 Å². The summed E-state index contributed by atoms with van der Waals surface area (Å²) in [6.45, 7) is 4.67. The highest BCUT2D eigenvalue weighted by Crippen LogP contribution is 2.17. The highest BCUT2D eigenvalue weighted by molar-refractivity contribution is 5.81. The average Bonchev–Trinajstić information content (AvgIpc) is 2.86. The second-order valence-corrected chi connectivity index (χ2v) is 5.40. The van der Waals surface area contributed by atoms with Gasteiger partial charge in [-0.05, 0) is 18.9 Å². The van der Waals surface area contributed by atoms with E-state index in [4.69, 9.17) is 5.73 Å². The standard InChI is InChI=1S/C15H23N3O/c1-12(16)15(19)17(2)14-8-9-18(11-14)10-13-6-4-3-5-7-13/h3-7,12,14H,8-11,16H2,1-2H3/t12?,14-/m0/s1. The number of nitrogens with zero attached hydrogens (tertiary/aromatic N) is 2. The molecular formula is C15H23N3O. The van der Waals surface area contributed by atoms with E-state index in [1.54, 1.807) is 6.92 Å². The Labute approximate surface area is 115 Å². The van der Waals surface area contributed by atoms with Gasteiger partial charge < -0.3 is 10.6 Å². The van der Waals surface area contributed by atoms with E-state index in [0.717, 1.165) is 26.1 Å². The molecule has 0 bridgehead atoms. The molecule has 1 aliphatic rings. The monoisotopic (exact) mass is 261 g/mol. The lowest BCUT2D eigenvalue weighted by molar-refractivity contribution is -0.132. The predicted octanol–water partition coefficient (Wildman–Crippen LogP) is 1.07. The van der Waals surface area contributed by atoms with Crippen molar-refractivity contribution in [3.63, 3.8) is 0 Å². The molecule has 0 spiro atoms. The van der Waals surface area contributed by atoms with Crippen LogP contribution < -0.4 is 5.73 Å². The summed E-state index contributed by atoms with van der Waals surface area (Å²) < 4.78 is 0. The number of likely N-dealkylation sites (N-methyl/N-ethyl adjacent to an activating group) is 1. The zero-order valence-corrected chi connectivity index (χ0v) is 11.7. The second-order valence-electron chi connectivity index (χ2n) is 5.40. The molecule has 19 heavy (non-hydrogen) atoms. The van der Waals surface area contributed by atoms with Gasteiger partial charge in [0.15, 0.2) is 0 Å². The summed E-state index contributed by atoms with van der Waals surface area (Å²) in [7, 11) is 1.86. The molecule has 4 heteroatoms. The van der Waals surface area contributed by atoms with E-state index in [1.165, 1.54) is 5.56 Å². The average molecular weight is 261 g/mol. The molecule has 0 saturated carbocycles. The Hall–Kier alpha value is -1.39. The number of likely N-dealkylation sites (tertiary alicyclic amines) is 1. The zero-order chi connectivity index (χ0) is 13.8. The van der Waals surface area contributed by atoms with Crippen LogP contribution >= 0.6 is 0 Å². The molecule has 1 aromatic rings. The Morgan fingerprint density at radius 2 is 2.16 bits per heavy atom. The van der Waals surface area contributed by atoms with Gasteiger partial charge in [0.2, 0.25) is 5.91 Å². The first kappa shape index (κ1) is 14.0. The molecule has 2 N–H and O–H groups in total. The van der Waals surface area contributed by atoms with Crippen LogP contribution in [0.4, 0.5) is 0 Å². The lowest BCUT2D eigenvalue weighted by Gasteiger charge is -2.26. The van der Waals surface area contributed by atoms with Crippen LogP contribution in [0.3, 0.4) is 0 Å². The fraction of sp³-hybridized carbons (Fsp3) is 0.533. The fourth-order valence-electron chi connectivity index (χ4n) is 2.61. The lowest BCUT2D eigenvalue weighted by Crippen LogP contribution is -2.46. The van der Waals surface area contributed by atoms with Crippen LogP contribution in [0.15, 0.2) is 30.3 Å². The first-order valence-electron chi connectivity index (χ1n) is 6.86. The van der Waals surface area contributed by atoms with E-state index < -0.39 is 6.04 Å². The van der Waals surface area contributed by atoms with Crippen molar-refractivity contribution < 1.29 is 4.79 Å². The third-order valence-corrected chi connectivity index (χ3v) is 3.78. The molecule has 1 aromatic carbocycles. The SMILES string of the molecule is CC(N)C(=O)N(C)[C@H]1CCN(Cc2ccccc2)C1. The van der Waals surface area contributed by atoms with Gasteiger partial charge in [-0.3, -0.25) is 9.69 Å². The van der Waals surface area contributed by atoms with Crippen molar-refractivity contribution in [2.24, 2.45) is 5.73 Å². The third-order valence-electron chi connectivity index (χ3n) is 3.78. The van der Waals surface area contributed by atoms with Crippen LogP contribution in [-0.4, -0.2) is 47.9 Å². The van der Waals surface area contributed by atoms with Gasteiger partial charge in [-0.2, -0.15) is 0 Å². The van der Waals surface area contributed by atoms with Crippen LogP contribution in [0.5, 0.6) is 0 Å². The van der Waals surface area contributed by atoms with Crippen LogP contribution in [0.1, 0.15) is 18.9 Å². The number of hydrogen-bond donors (Lipinski definition) is 1. The molecule has 1 aliphatic heterocycles. The highest BCUT2D eigenvalue weighted by atomic mass is 16.2. The molecule has 1 fully saturated rings. The van der Waals surface area contributed by atoms with Gasteiger partial charge in [0.05, 0.1) is 6.04 Å². The molecule has 104 valence electrons. The topological polar surface area (TPSA) is 49.6 Å². The molecule has 1 amide bonds. The Morgan fingerprint density at radius 1 is 1.47 bits per heavy atom. The summed E-state index contributed by atoms with van der Waals surface area (Å²) >= 11 is 0. The quantitative estimate of drug-likeness (QED) is 0.882. The minimum absolute atomic E-state index is 0.0339. The molecule has 0 radical (unpaired) electrons. The smallest absolute Gasteiger partial charge is 0.239 e. The first-order valence-corrected chi connectivity index (χ1v) is 6.86. The summed E-state index contributed by atoms with van der Waals surface area (Å²) in [6, 6.07) is 10.3. The number of benzene rings is 1. The maximum atomic E-state index is 11.9. The first-order chi connectivity index (χ1) is 9.08. The summed E-state index contributed by atoms with van der Waals surface area (Å²) in [4.78, 5) is 16.1. The van der Waals surface area contributed by atoms with Crippen molar-refractivity contribution in [2.45, 2.75) is 32.0 Å². The van der Waals surface area contributed by atoms with E-state index in [9.17, 15) is 4.79 Å². The Balaban J connectivity index is 1.88. The molecule has 2 rings (SSSR count). The number of nitrogens with two attached hydrogens (primary N) is 1. The minimum atomic E-state index is -0.409. The Bertz CT molecular complexity index is 419. The van der Waals surface area contributed by atoms with Gasteiger partial charge >= 0.3 is 0 Å². The van der Waals surface area contributed by atoms with E-state index in [-0.39, 0.29) is 5.91 Å². The lowest BCUT2D eigenvalue weighted by atomic mass is 10.2. The molecule has 1 saturated heterocycles. The van der Waals surface area contributed by atoms with E-state index in [1.807, 2.05) is 18.0 Å². The largest absolute Gasteiger partial charge is 0.340 e. The van der Waals surface area contributed by atoms with Crippen molar-refractivity contribution in [3.05, 3.63) is 35.9 Å². The summed E-state index contributed by atoms with van der Waals surface area (Å²) in [5.41, 5.74) is 6.98. The molecule has 4 nitrogen and oxygen atoms in total. The predicted molar refractivity (Wildman–Crippen MR) is 76.5 cm³/mol. The normalized spacial score (nSPS) is 21.3. The van der Waals surface area contributed by atoms with E-state index in [2.05, 4.69) is 29.2 Å². The highest BCUT2D eigenvalue weighted by Gasteiger charge is 2.29. The third kappa shape index (κ3) is 3.55. The molecule has 1 unspecified atom stereocenters. The van der Waals surface area contributed by atoms with Gasteiger partial charge in [0.1, 0.15) is 0 Å². The van der Waals surface area contributed by atoms with Gasteiger partial charge in [-0.1, -0.05) is 30.3 Å². The second kappa shape index (κ2) is 6.17. The van der Waals surface area contributed by atoms with Crippen molar-refractivity contribution >= 4 is 5.91 Å². The fourth-order valence-corrected chi connectivity index (χ4v) is 2.61. The molecule has 1 heterocycles.